The summed E-state index contributed by atoms with van der Waals surface area (Å²) in [4.78, 5) is 0. The zero-order chi connectivity index (χ0) is 9.80. The Morgan fingerprint density at radius 3 is 2.71 bits per heavy atom. The molecular weight excluding hydrogens is 212 g/mol. The summed E-state index contributed by atoms with van der Waals surface area (Å²) in [5.74, 6) is 3.94. The van der Waals surface area contributed by atoms with Crippen molar-refractivity contribution < 1.29 is 4.42 Å². The van der Waals surface area contributed by atoms with Gasteiger partial charge in [-0.1, -0.05) is 10.8 Å². The highest BCUT2D eigenvalue weighted by atomic mass is 33.1. The summed E-state index contributed by atoms with van der Waals surface area (Å²) in [6, 6.07) is 4.10. The molecule has 0 aliphatic heterocycles. The number of hydrogen-bond acceptors (Lipinski definition) is 3. The monoisotopic (exact) mass is 228 g/mol. The van der Waals surface area contributed by atoms with E-state index in [1.165, 1.54) is 37.2 Å². The molecule has 0 radical (unpaired) electrons. The second-order valence-corrected chi connectivity index (χ2v) is 5.39. The molecule has 1 fully saturated rings. The van der Waals surface area contributed by atoms with Crippen LogP contribution in [0.5, 0.6) is 0 Å². The maximum Gasteiger partial charge on any atom is 0.106 e. The fourth-order valence-electron chi connectivity index (χ4n) is 2.24. The van der Waals surface area contributed by atoms with Crippen LogP contribution in [0.3, 0.4) is 0 Å². The van der Waals surface area contributed by atoms with Crippen molar-refractivity contribution in [3.05, 3.63) is 24.2 Å². The lowest BCUT2D eigenvalue weighted by molar-refractivity contribution is 0.318. The summed E-state index contributed by atoms with van der Waals surface area (Å²) in [7, 11) is 1.68. The quantitative estimate of drug-likeness (QED) is 0.617. The fourth-order valence-corrected chi connectivity index (χ4v) is 3.42. The standard InChI is InChI=1S/C11H16OS2/c13-14-8-9-3-5-10(6-4-9)11-2-1-7-12-11/h1-2,7,9-10,13H,3-6,8H2. The van der Waals surface area contributed by atoms with Crippen molar-refractivity contribution in [2.45, 2.75) is 31.6 Å². The lowest BCUT2D eigenvalue weighted by Crippen LogP contribution is -2.14. The highest BCUT2D eigenvalue weighted by Gasteiger charge is 2.23. The summed E-state index contributed by atoms with van der Waals surface area (Å²) < 4.78 is 5.45. The minimum atomic E-state index is 0.672. The molecular formula is C11H16OS2. The molecule has 78 valence electrons. The lowest BCUT2D eigenvalue weighted by Gasteiger charge is -2.26. The molecule has 0 amide bonds. The molecule has 0 saturated heterocycles. The Kier molecular flexibility index (Phi) is 3.88. The molecule has 1 saturated carbocycles. The molecule has 0 aromatic carbocycles. The van der Waals surface area contributed by atoms with Crippen molar-refractivity contribution in [2.24, 2.45) is 5.92 Å². The molecule has 0 spiro atoms. The van der Waals surface area contributed by atoms with Gasteiger partial charge in [0, 0.05) is 11.7 Å². The smallest absolute Gasteiger partial charge is 0.106 e. The first-order chi connectivity index (χ1) is 6.90. The molecule has 2 rings (SSSR count). The Morgan fingerprint density at radius 2 is 2.14 bits per heavy atom. The average molecular weight is 228 g/mol. The molecule has 0 unspecified atom stereocenters. The number of furan rings is 1. The molecule has 14 heavy (non-hydrogen) atoms. The molecule has 1 aromatic heterocycles. The fraction of sp³-hybridized carbons (Fsp3) is 0.636. The maximum absolute atomic E-state index is 5.45. The van der Waals surface area contributed by atoms with Gasteiger partial charge in [-0.3, -0.25) is 0 Å². The summed E-state index contributed by atoms with van der Waals surface area (Å²) in [6.45, 7) is 0. The first-order valence-electron chi connectivity index (χ1n) is 5.20. The van der Waals surface area contributed by atoms with Crippen LogP contribution in [-0.2, 0) is 0 Å². The molecule has 0 bridgehead atoms. The molecule has 1 nitrogen and oxygen atoms in total. The predicted octanol–water partition coefficient (Wildman–Crippen LogP) is 4.13. The summed E-state index contributed by atoms with van der Waals surface area (Å²) in [5, 5.41) is 0. The van der Waals surface area contributed by atoms with Crippen LogP contribution in [0.2, 0.25) is 0 Å². The number of thiol groups is 1. The first kappa shape index (κ1) is 10.5. The Labute approximate surface area is 94.5 Å². The van der Waals surface area contributed by atoms with Crippen LogP contribution in [0.15, 0.2) is 22.8 Å². The topological polar surface area (TPSA) is 13.1 Å². The van der Waals surface area contributed by atoms with Crippen LogP contribution in [-0.4, -0.2) is 5.75 Å². The van der Waals surface area contributed by atoms with Crippen molar-refractivity contribution in [3.8, 4) is 0 Å². The summed E-state index contributed by atoms with van der Waals surface area (Å²) in [6.07, 6.45) is 7.02. The molecule has 1 heterocycles. The minimum absolute atomic E-state index is 0.672. The summed E-state index contributed by atoms with van der Waals surface area (Å²) >= 11 is 4.21. The van der Waals surface area contributed by atoms with Gasteiger partial charge in [0.2, 0.25) is 0 Å². The molecule has 0 N–H and O–H groups in total. The van der Waals surface area contributed by atoms with E-state index in [-0.39, 0.29) is 0 Å². The normalized spacial score (nSPS) is 27.8. The van der Waals surface area contributed by atoms with E-state index < -0.39 is 0 Å². The molecule has 1 aliphatic rings. The highest BCUT2D eigenvalue weighted by molar-refractivity contribution is 8.68. The Balaban J connectivity index is 1.84. The van der Waals surface area contributed by atoms with E-state index in [1.807, 2.05) is 6.07 Å². The largest absolute Gasteiger partial charge is 0.469 e. The highest BCUT2D eigenvalue weighted by Crippen LogP contribution is 2.37. The van der Waals surface area contributed by atoms with Gasteiger partial charge in [0.1, 0.15) is 5.76 Å². The third-order valence-electron chi connectivity index (χ3n) is 3.10. The Bertz CT molecular complexity index is 250. The second kappa shape index (κ2) is 5.17. The Hall–Kier alpha value is -0.0200. The van der Waals surface area contributed by atoms with E-state index in [4.69, 9.17) is 4.42 Å². The summed E-state index contributed by atoms with van der Waals surface area (Å²) in [5.41, 5.74) is 0. The van der Waals surface area contributed by atoms with Crippen LogP contribution in [0.25, 0.3) is 0 Å². The molecule has 3 heteroatoms. The predicted molar refractivity (Wildman–Crippen MR) is 64.9 cm³/mol. The minimum Gasteiger partial charge on any atom is -0.469 e. The maximum atomic E-state index is 5.45. The third-order valence-corrected chi connectivity index (χ3v) is 4.17. The van der Waals surface area contributed by atoms with E-state index in [9.17, 15) is 0 Å². The van der Waals surface area contributed by atoms with Gasteiger partial charge in [-0.25, -0.2) is 0 Å². The van der Waals surface area contributed by atoms with Gasteiger partial charge in [0.05, 0.1) is 6.26 Å². The van der Waals surface area contributed by atoms with Gasteiger partial charge < -0.3 is 4.42 Å². The van der Waals surface area contributed by atoms with Crippen molar-refractivity contribution in [1.82, 2.24) is 0 Å². The van der Waals surface area contributed by atoms with Crippen molar-refractivity contribution in [2.75, 3.05) is 5.75 Å². The molecule has 1 aromatic rings. The van der Waals surface area contributed by atoms with Gasteiger partial charge in [-0.05, 0) is 43.7 Å². The number of rotatable bonds is 3. The van der Waals surface area contributed by atoms with E-state index in [2.05, 4.69) is 17.7 Å². The van der Waals surface area contributed by atoms with Gasteiger partial charge >= 0.3 is 0 Å². The van der Waals surface area contributed by atoms with Crippen LogP contribution < -0.4 is 0 Å². The van der Waals surface area contributed by atoms with Crippen molar-refractivity contribution in [1.29, 1.82) is 0 Å². The average Bonchev–Trinajstić information content (AvgIpc) is 2.72. The van der Waals surface area contributed by atoms with E-state index in [0.717, 1.165) is 5.92 Å². The van der Waals surface area contributed by atoms with Crippen molar-refractivity contribution in [3.63, 3.8) is 0 Å². The van der Waals surface area contributed by atoms with Gasteiger partial charge in [-0.15, -0.1) is 11.7 Å². The van der Waals surface area contributed by atoms with Crippen LogP contribution in [0.1, 0.15) is 37.4 Å². The third kappa shape index (κ3) is 2.51. The second-order valence-electron chi connectivity index (χ2n) is 4.03. The Morgan fingerprint density at radius 1 is 1.36 bits per heavy atom. The van der Waals surface area contributed by atoms with Crippen molar-refractivity contribution >= 4 is 22.5 Å². The van der Waals surface area contributed by atoms with Crippen LogP contribution in [0, 0.1) is 5.92 Å². The first-order valence-corrected chi connectivity index (χ1v) is 7.23. The van der Waals surface area contributed by atoms with E-state index in [0.29, 0.717) is 5.92 Å². The lowest BCUT2D eigenvalue weighted by atomic mass is 9.82. The van der Waals surface area contributed by atoms with Gasteiger partial charge in [0.15, 0.2) is 0 Å². The zero-order valence-electron chi connectivity index (χ0n) is 8.19. The molecule has 0 atom stereocenters. The molecule has 1 aliphatic carbocycles. The zero-order valence-corrected chi connectivity index (χ0v) is 9.90. The number of hydrogen-bond donors (Lipinski definition) is 1. The van der Waals surface area contributed by atoms with Gasteiger partial charge in [-0.2, -0.15) is 0 Å². The SMILES string of the molecule is SSCC1CCC(c2ccco2)CC1. The van der Waals surface area contributed by atoms with Crippen LogP contribution in [0.4, 0.5) is 0 Å². The van der Waals surface area contributed by atoms with E-state index >= 15 is 0 Å². The van der Waals surface area contributed by atoms with Crippen LogP contribution >= 0.6 is 22.5 Å². The van der Waals surface area contributed by atoms with E-state index in [1.54, 1.807) is 17.1 Å². The van der Waals surface area contributed by atoms with Gasteiger partial charge in [0.25, 0.3) is 0 Å².